The van der Waals surface area contributed by atoms with Crippen molar-refractivity contribution in [2.75, 3.05) is 5.32 Å². The van der Waals surface area contributed by atoms with Gasteiger partial charge < -0.3 is 5.32 Å². The Morgan fingerprint density at radius 1 is 1.32 bits per heavy atom. The summed E-state index contributed by atoms with van der Waals surface area (Å²) < 4.78 is 1.77. The van der Waals surface area contributed by atoms with E-state index < -0.39 is 0 Å². The van der Waals surface area contributed by atoms with Gasteiger partial charge in [0.2, 0.25) is 5.91 Å². The number of aromatic nitrogens is 2. The molecule has 0 saturated heterocycles. The summed E-state index contributed by atoms with van der Waals surface area (Å²) in [6.45, 7) is 4.07. The highest BCUT2D eigenvalue weighted by Crippen LogP contribution is 2.16. The number of amides is 1. The minimum Gasteiger partial charge on any atom is -0.326 e. The van der Waals surface area contributed by atoms with Gasteiger partial charge in [0.1, 0.15) is 0 Å². The summed E-state index contributed by atoms with van der Waals surface area (Å²) in [5.41, 5.74) is 1.75. The normalized spacial score (nSPS) is 10.7. The van der Waals surface area contributed by atoms with Crippen LogP contribution >= 0.6 is 0 Å². The van der Waals surface area contributed by atoms with Gasteiger partial charge in [-0.15, -0.1) is 0 Å². The summed E-state index contributed by atoms with van der Waals surface area (Å²) in [7, 11) is 0. The van der Waals surface area contributed by atoms with E-state index in [2.05, 4.69) is 10.4 Å². The molecule has 4 nitrogen and oxygen atoms in total. The van der Waals surface area contributed by atoms with Crippen molar-refractivity contribution < 1.29 is 4.79 Å². The van der Waals surface area contributed by atoms with Crippen molar-refractivity contribution >= 4 is 11.6 Å². The summed E-state index contributed by atoms with van der Waals surface area (Å²) in [6.07, 6.45) is 5.33. The third-order valence-corrected chi connectivity index (χ3v) is 3.24. The number of nitrogens with one attached hydrogen (secondary N) is 1. The molecule has 2 aromatic rings. The lowest BCUT2D eigenvalue weighted by atomic mass is 10.0. The van der Waals surface area contributed by atoms with E-state index in [1.165, 1.54) is 0 Å². The zero-order chi connectivity index (χ0) is 13.7. The first kappa shape index (κ1) is 13.3. The third kappa shape index (κ3) is 3.22. The number of hydrogen-bond donors (Lipinski definition) is 1. The van der Waals surface area contributed by atoms with Crippen LogP contribution in [-0.2, 0) is 4.79 Å². The lowest BCUT2D eigenvalue weighted by Crippen LogP contribution is -2.21. The van der Waals surface area contributed by atoms with Crippen LogP contribution in [0.25, 0.3) is 5.69 Å². The zero-order valence-corrected chi connectivity index (χ0v) is 11.3. The van der Waals surface area contributed by atoms with Crippen molar-refractivity contribution in [3.05, 3.63) is 42.7 Å². The van der Waals surface area contributed by atoms with Crippen LogP contribution in [0.5, 0.6) is 0 Å². The van der Waals surface area contributed by atoms with Crippen LogP contribution in [0.3, 0.4) is 0 Å². The SMILES string of the molecule is CCC(CC)C(=O)Nc1cccc(-n2cccn2)c1. The van der Waals surface area contributed by atoms with Gasteiger partial charge >= 0.3 is 0 Å². The predicted octanol–water partition coefficient (Wildman–Crippen LogP) is 3.25. The monoisotopic (exact) mass is 257 g/mol. The Kier molecular flexibility index (Phi) is 4.34. The summed E-state index contributed by atoms with van der Waals surface area (Å²) in [4.78, 5) is 12.0. The summed E-state index contributed by atoms with van der Waals surface area (Å²) in [5.74, 6) is 0.163. The Morgan fingerprint density at radius 2 is 2.11 bits per heavy atom. The molecule has 2 rings (SSSR count). The molecule has 0 radical (unpaired) electrons. The minimum absolute atomic E-state index is 0.0772. The maximum absolute atomic E-state index is 12.0. The van der Waals surface area contributed by atoms with Crippen molar-refractivity contribution in [3.8, 4) is 5.69 Å². The Labute approximate surface area is 113 Å². The molecule has 0 saturated carbocycles. The fourth-order valence-corrected chi connectivity index (χ4v) is 2.05. The highest BCUT2D eigenvalue weighted by molar-refractivity contribution is 5.92. The Hall–Kier alpha value is -2.10. The van der Waals surface area contributed by atoms with E-state index >= 15 is 0 Å². The second-order valence-corrected chi connectivity index (χ2v) is 4.50. The van der Waals surface area contributed by atoms with Gasteiger partial charge in [-0.3, -0.25) is 4.79 Å². The van der Waals surface area contributed by atoms with Crippen LogP contribution < -0.4 is 5.32 Å². The Morgan fingerprint density at radius 3 is 2.74 bits per heavy atom. The van der Waals surface area contributed by atoms with E-state index in [4.69, 9.17) is 0 Å². The van der Waals surface area contributed by atoms with E-state index in [0.29, 0.717) is 0 Å². The second kappa shape index (κ2) is 6.18. The first-order chi connectivity index (χ1) is 9.24. The predicted molar refractivity (Wildman–Crippen MR) is 76.3 cm³/mol. The second-order valence-electron chi connectivity index (χ2n) is 4.50. The van der Waals surface area contributed by atoms with Crippen molar-refractivity contribution in [3.63, 3.8) is 0 Å². The van der Waals surface area contributed by atoms with Crippen LogP contribution in [0.4, 0.5) is 5.69 Å². The molecule has 1 amide bonds. The number of benzene rings is 1. The quantitative estimate of drug-likeness (QED) is 0.893. The summed E-state index contributed by atoms with van der Waals surface area (Å²) in [6, 6.07) is 9.56. The molecule has 0 aliphatic carbocycles. The lowest BCUT2D eigenvalue weighted by Gasteiger charge is -2.13. The average Bonchev–Trinajstić information content (AvgIpc) is 2.94. The highest BCUT2D eigenvalue weighted by Gasteiger charge is 2.14. The van der Waals surface area contributed by atoms with Gasteiger partial charge in [0.25, 0.3) is 0 Å². The molecule has 1 aromatic carbocycles. The minimum atomic E-state index is 0.0772. The maximum Gasteiger partial charge on any atom is 0.227 e. The molecular formula is C15H19N3O. The van der Waals surface area contributed by atoms with Gasteiger partial charge in [0.05, 0.1) is 5.69 Å². The number of carbonyl (C=O) groups excluding carboxylic acids is 1. The zero-order valence-electron chi connectivity index (χ0n) is 11.3. The van der Waals surface area contributed by atoms with Crippen molar-refractivity contribution in [1.82, 2.24) is 9.78 Å². The maximum atomic E-state index is 12.0. The van der Waals surface area contributed by atoms with Gasteiger partial charge in [-0.1, -0.05) is 19.9 Å². The van der Waals surface area contributed by atoms with Gasteiger partial charge in [-0.05, 0) is 37.1 Å². The molecule has 0 fully saturated rings. The topological polar surface area (TPSA) is 46.9 Å². The fourth-order valence-electron chi connectivity index (χ4n) is 2.05. The molecule has 1 aromatic heterocycles. The molecule has 0 spiro atoms. The molecule has 4 heteroatoms. The van der Waals surface area contributed by atoms with E-state index in [9.17, 15) is 4.79 Å². The standard InChI is InChI=1S/C15H19N3O/c1-3-12(4-2)15(19)17-13-7-5-8-14(11-13)18-10-6-9-16-18/h5-12H,3-4H2,1-2H3,(H,17,19). The molecule has 0 unspecified atom stereocenters. The largest absolute Gasteiger partial charge is 0.326 e. The molecule has 0 aliphatic heterocycles. The summed E-state index contributed by atoms with van der Waals surface area (Å²) in [5, 5.41) is 7.14. The van der Waals surface area contributed by atoms with Gasteiger partial charge in [-0.25, -0.2) is 4.68 Å². The van der Waals surface area contributed by atoms with E-state index in [-0.39, 0.29) is 11.8 Å². The molecule has 1 heterocycles. The van der Waals surface area contributed by atoms with Crippen molar-refractivity contribution in [2.45, 2.75) is 26.7 Å². The molecular weight excluding hydrogens is 238 g/mol. The van der Waals surface area contributed by atoms with E-state index in [1.54, 1.807) is 10.9 Å². The number of rotatable bonds is 5. The Bertz CT molecular complexity index is 530. The van der Waals surface area contributed by atoms with E-state index in [0.717, 1.165) is 24.2 Å². The van der Waals surface area contributed by atoms with E-state index in [1.807, 2.05) is 50.4 Å². The van der Waals surface area contributed by atoms with Crippen molar-refractivity contribution in [2.24, 2.45) is 5.92 Å². The smallest absolute Gasteiger partial charge is 0.227 e. The van der Waals surface area contributed by atoms with Crippen LogP contribution in [0, 0.1) is 5.92 Å². The molecule has 0 atom stereocenters. The number of nitrogens with zero attached hydrogens (tertiary/aromatic N) is 2. The summed E-state index contributed by atoms with van der Waals surface area (Å²) >= 11 is 0. The average molecular weight is 257 g/mol. The highest BCUT2D eigenvalue weighted by atomic mass is 16.1. The number of hydrogen-bond acceptors (Lipinski definition) is 2. The van der Waals surface area contributed by atoms with Crippen LogP contribution in [0.15, 0.2) is 42.7 Å². The van der Waals surface area contributed by atoms with Crippen LogP contribution in [0.1, 0.15) is 26.7 Å². The molecule has 0 bridgehead atoms. The van der Waals surface area contributed by atoms with Gasteiger partial charge in [0.15, 0.2) is 0 Å². The number of carbonyl (C=O) groups is 1. The molecule has 1 N–H and O–H groups in total. The van der Waals surface area contributed by atoms with Crippen molar-refractivity contribution in [1.29, 1.82) is 0 Å². The Balaban J connectivity index is 2.14. The first-order valence-electron chi connectivity index (χ1n) is 6.65. The van der Waals surface area contributed by atoms with Crippen LogP contribution in [-0.4, -0.2) is 15.7 Å². The van der Waals surface area contributed by atoms with Crippen LogP contribution in [0.2, 0.25) is 0 Å². The third-order valence-electron chi connectivity index (χ3n) is 3.24. The molecule has 19 heavy (non-hydrogen) atoms. The van der Waals surface area contributed by atoms with Gasteiger partial charge in [-0.2, -0.15) is 5.10 Å². The fraction of sp³-hybridized carbons (Fsp3) is 0.333. The van der Waals surface area contributed by atoms with Gasteiger partial charge in [0, 0.05) is 24.0 Å². The number of anilines is 1. The lowest BCUT2D eigenvalue weighted by molar-refractivity contribution is -0.120. The first-order valence-corrected chi connectivity index (χ1v) is 6.65. The molecule has 0 aliphatic rings. The molecule has 100 valence electrons.